The number of carboxylic acid groups (broad SMARTS) is 1. The molecule has 0 aromatic heterocycles. The van der Waals surface area contributed by atoms with Crippen LogP contribution >= 0.6 is 0 Å². The number of aromatic carboxylic acids is 1. The first-order valence-electron chi connectivity index (χ1n) is 7.99. The number of hydrogen-bond acceptors (Lipinski definition) is 5. The monoisotopic (exact) mass is 359 g/mol. The number of carbonyl (C=O) groups excluding carboxylic acids is 1. The number of amides is 1. The molecule has 1 amide bonds. The van der Waals surface area contributed by atoms with Crippen LogP contribution in [0.5, 0.6) is 11.5 Å². The Morgan fingerprint density at radius 1 is 1.08 bits per heavy atom. The number of nitrogens with one attached hydrogen (secondary N) is 1. The van der Waals surface area contributed by atoms with Gasteiger partial charge in [0.15, 0.2) is 0 Å². The molecule has 2 rings (SSSR count). The van der Waals surface area contributed by atoms with Crippen molar-refractivity contribution in [3.8, 4) is 11.5 Å². The summed E-state index contributed by atoms with van der Waals surface area (Å²) in [6.45, 7) is 1.10. The Labute approximate surface area is 151 Å². The van der Waals surface area contributed by atoms with Crippen LogP contribution < -0.4 is 14.8 Å². The lowest BCUT2D eigenvalue weighted by molar-refractivity contribution is 0.0693. The lowest BCUT2D eigenvalue weighted by atomic mass is 10.1. The zero-order valence-electron chi connectivity index (χ0n) is 14.7. The van der Waals surface area contributed by atoms with E-state index in [-0.39, 0.29) is 17.2 Å². The molecule has 2 aromatic rings. The quantitative estimate of drug-likeness (QED) is 0.668. The molecule has 0 atom stereocenters. The Morgan fingerprint density at radius 3 is 2.58 bits per heavy atom. The summed E-state index contributed by atoms with van der Waals surface area (Å²) in [5, 5.41) is 11.8. The standard InChI is InChI=1S/C19H21NO6/c1-24-9-4-10-26-15-6-3-5-13(11-15)18(21)20-14-7-8-16(19(22)23)17(12-14)25-2/h3,5-8,11-12H,4,9-10H2,1-2H3,(H,20,21)(H,22,23). The minimum atomic E-state index is -1.10. The molecule has 0 spiro atoms. The maximum atomic E-state index is 12.4. The third-order valence-corrected chi connectivity index (χ3v) is 3.55. The molecule has 7 nitrogen and oxygen atoms in total. The molecule has 0 aliphatic carbocycles. The molecule has 26 heavy (non-hydrogen) atoms. The van der Waals surface area contributed by atoms with Gasteiger partial charge in [0, 0.05) is 37.5 Å². The molecule has 138 valence electrons. The smallest absolute Gasteiger partial charge is 0.339 e. The van der Waals surface area contributed by atoms with Gasteiger partial charge in [-0.2, -0.15) is 0 Å². The highest BCUT2D eigenvalue weighted by Crippen LogP contribution is 2.24. The van der Waals surface area contributed by atoms with Crippen LogP contribution in [0.15, 0.2) is 42.5 Å². The van der Waals surface area contributed by atoms with Gasteiger partial charge in [0.05, 0.1) is 13.7 Å². The predicted octanol–water partition coefficient (Wildman–Crippen LogP) is 3.06. The average molecular weight is 359 g/mol. The van der Waals surface area contributed by atoms with E-state index in [1.165, 1.54) is 25.3 Å². The summed E-state index contributed by atoms with van der Waals surface area (Å²) in [5.41, 5.74) is 0.885. The van der Waals surface area contributed by atoms with Crippen LogP contribution in [-0.2, 0) is 4.74 Å². The second-order valence-corrected chi connectivity index (χ2v) is 5.40. The predicted molar refractivity (Wildman–Crippen MR) is 96.3 cm³/mol. The van der Waals surface area contributed by atoms with Crippen molar-refractivity contribution in [3.63, 3.8) is 0 Å². The number of carbonyl (C=O) groups is 2. The van der Waals surface area contributed by atoms with E-state index < -0.39 is 5.97 Å². The number of ether oxygens (including phenoxy) is 3. The van der Waals surface area contributed by atoms with Crippen molar-refractivity contribution in [2.75, 3.05) is 32.8 Å². The van der Waals surface area contributed by atoms with Crippen molar-refractivity contribution >= 4 is 17.6 Å². The number of benzene rings is 2. The van der Waals surface area contributed by atoms with E-state index in [0.29, 0.717) is 30.2 Å². The summed E-state index contributed by atoms with van der Waals surface area (Å²) in [7, 11) is 3.00. The summed E-state index contributed by atoms with van der Waals surface area (Å²) in [6.07, 6.45) is 0.753. The summed E-state index contributed by atoms with van der Waals surface area (Å²) < 4.78 is 15.6. The average Bonchev–Trinajstić information content (AvgIpc) is 2.65. The zero-order chi connectivity index (χ0) is 18.9. The highest BCUT2D eigenvalue weighted by molar-refractivity contribution is 6.05. The Kier molecular flexibility index (Phi) is 6.99. The maximum absolute atomic E-state index is 12.4. The van der Waals surface area contributed by atoms with Gasteiger partial charge in [0.2, 0.25) is 0 Å². The van der Waals surface area contributed by atoms with E-state index in [9.17, 15) is 9.59 Å². The minimum absolute atomic E-state index is 0.0250. The maximum Gasteiger partial charge on any atom is 0.339 e. The summed E-state index contributed by atoms with van der Waals surface area (Å²) >= 11 is 0. The van der Waals surface area contributed by atoms with Gasteiger partial charge in [0.25, 0.3) is 5.91 Å². The van der Waals surface area contributed by atoms with E-state index in [1.54, 1.807) is 31.4 Å². The number of methoxy groups -OCH3 is 2. The lowest BCUT2D eigenvalue weighted by Crippen LogP contribution is -2.12. The minimum Gasteiger partial charge on any atom is -0.496 e. The Balaban J connectivity index is 2.06. The van der Waals surface area contributed by atoms with Gasteiger partial charge >= 0.3 is 5.97 Å². The van der Waals surface area contributed by atoms with Crippen molar-refractivity contribution in [1.82, 2.24) is 0 Å². The highest BCUT2D eigenvalue weighted by Gasteiger charge is 2.13. The fraction of sp³-hybridized carbons (Fsp3) is 0.263. The molecular weight excluding hydrogens is 338 g/mol. The van der Waals surface area contributed by atoms with Crippen LogP contribution in [0.1, 0.15) is 27.1 Å². The van der Waals surface area contributed by atoms with Gasteiger partial charge in [-0.15, -0.1) is 0 Å². The fourth-order valence-corrected chi connectivity index (χ4v) is 2.27. The molecule has 2 aromatic carbocycles. The molecule has 2 N–H and O–H groups in total. The molecule has 0 aliphatic rings. The largest absolute Gasteiger partial charge is 0.496 e. The zero-order valence-corrected chi connectivity index (χ0v) is 14.7. The third-order valence-electron chi connectivity index (χ3n) is 3.55. The van der Waals surface area contributed by atoms with Crippen LogP contribution in [0.3, 0.4) is 0 Å². The van der Waals surface area contributed by atoms with Gasteiger partial charge < -0.3 is 24.6 Å². The molecule has 0 aliphatic heterocycles. The normalized spacial score (nSPS) is 10.2. The molecule has 7 heteroatoms. The molecule has 0 fully saturated rings. The molecule has 0 saturated heterocycles. The number of anilines is 1. The van der Waals surface area contributed by atoms with Crippen LogP contribution in [0.2, 0.25) is 0 Å². The van der Waals surface area contributed by atoms with Crippen LogP contribution in [0.4, 0.5) is 5.69 Å². The van der Waals surface area contributed by atoms with E-state index in [4.69, 9.17) is 19.3 Å². The van der Waals surface area contributed by atoms with Crippen molar-refractivity contribution in [2.45, 2.75) is 6.42 Å². The Bertz CT molecular complexity index is 774. The number of carboxylic acids is 1. The van der Waals surface area contributed by atoms with Gasteiger partial charge in [-0.3, -0.25) is 4.79 Å². The van der Waals surface area contributed by atoms with Crippen LogP contribution in [0, 0.1) is 0 Å². The van der Waals surface area contributed by atoms with Gasteiger partial charge in [-0.25, -0.2) is 4.79 Å². The van der Waals surface area contributed by atoms with Crippen LogP contribution in [0.25, 0.3) is 0 Å². The van der Waals surface area contributed by atoms with E-state index in [0.717, 1.165) is 6.42 Å². The Morgan fingerprint density at radius 2 is 1.88 bits per heavy atom. The summed E-state index contributed by atoms with van der Waals surface area (Å²) in [6, 6.07) is 11.2. The second-order valence-electron chi connectivity index (χ2n) is 5.40. The number of rotatable bonds is 9. The highest BCUT2D eigenvalue weighted by atomic mass is 16.5. The molecule has 0 radical (unpaired) electrons. The van der Waals surface area contributed by atoms with Gasteiger partial charge in [-0.1, -0.05) is 6.07 Å². The van der Waals surface area contributed by atoms with Crippen molar-refractivity contribution in [1.29, 1.82) is 0 Å². The number of hydrogen-bond donors (Lipinski definition) is 2. The van der Waals surface area contributed by atoms with Gasteiger partial charge in [0.1, 0.15) is 17.1 Å². The topological polar surface area (TPSA) is 94.1 Å². The van der Waals surface area contributed by atoms with Crippen molar-refractivity contribution in [3.05, 3.63) is 53.6 Å². The molecule has 0 unspecified atom stereocenters. The molecule has 0 heterocycles. The SMILES string of the molecule is COCCCOc1cccc(C(=O)Nc2ccc(C(=O)O)c(OC)c2)c1. The van der Waals surface area contributed by atoms with E-state index in [2.05, 4.69) is 5.32 Å². The lowest BCUT2D eigenvalue weighted by Gasteiger charge is -2.10. The molecule has 0 saturated carbocycles. The van der Waals surface area contributed by atoms with Crippen molar-refractivity contribution < 1.29 is 28.9 Å². The fourth-order valence-electron chi connectivity index (χ4n) is 2.27. The van der Waals surface area contributed by atoms with E-state index >= 15 is 0 Å². The first kappa shape index (κ1) is 19.3. The second kappa shape index (κ2) is 9.43. The third kappa shape index (κ3) is 5.22. The summed E-state index contributed by atoms with van der Waals surface area (Å²) in [4.78, 5) is 23.5. The molecular formula is C19H21NO6. The first-order valence-corrected chi connectivity index (χ1v) is 7.99. The van der Waals surface area contributed by atoms with Gasteiger partial charge in [-0.05, 0) is 30.3 Å². The molecule has 0 bridgehead atoms. The van der Waals surface area contributed by atoms with Crippen molar-refractivity contribution in [2.24, 2.45) is 0 Å². The first-order chi connectivity index (χ1) is 12.5. The summed E-state index contributed by atoms with van der Waals surface area (Å²) in [5.74, 6) is -0.673. The van der Waals surface area contributed by atoms with E-state index in [1.807, 2.05) is 0 Å². The van der Waals surface area contributed by atoms with Crippen LogP contribution in [-0.4, -0.2) is 44.4 Å². The Hall–Kier alpha value is -3.06.